The molecule has 136 valence electrons. The molecule has 0 radical (unpaired) electrons. The zero-order valence-electron chi connectivity index (χ0n) is 16.0. The number of carboxylic acids is 1. The third-order valence-electron chi connectivity index (χ3n) is 4.63. The zero-order chi connectivity index (χ0) is 17.5. The molecule has 0 saturated heterocycles. The van der Waals surface area contributed by atoms with Gasteiger partial charge in [-0.1, -0.05) is 78.4 Å². The normalized spacial score (nSPS) is 14.5. The molecule has 2 nitrogen and oxygen atoms in total. The van der Waals surface area contributed by atoms with E-state index in [4.69, 9.17) is 5.11 Å². The van der Waals surface area contributed by atoms with E-state index in [1.165, 1.54) is 44.9 Å². The van der Waals surface area contributed by atoms with Crippen molar-refractivity contribution in [3.05, 3.63) is 12.2 Å². The SMILES string of the molecule is CC(C)CCCC(C)CCCC(C)CCC=CCCCC(=O)O. The van der Waals surface area contributed by atoms with Gasteiger partial charge in [0.15, 0.2) is 0 Å². The minimum Gasteiger partial charge on any atom is -0.481 e. The molecule has 0 amide bonds. The minimum atomic E-state index is -0.689. The van der Waals surface area contributed by atoms with Crippen LogP contribution < -0.4 is 0 Å². The van der Waals surface area contributed by atoms with E-state index in [1.807, 2.05) is 0 Å². The summed E-state index contributed by atoms with van der Waals surface area (Å²) >= 11 is 0. The maximum Gasteiger partial charge on any atom is 0.303 e. The molecule has 1 N–H and O–H groups in total. The van der Waals surface area contributed by atoms with Crippen molar-refractivity contribution < 1.29 is 9.90 Å². The highest BCUT2D eigenvalue weighted by molar-refractivity contribution is 5.66. The van der Waals surface area contributed by atoms with Crippen molar-refractivity contribution in [3.63, 3.8) is 0 Å². The van der Waals surface area contributed by atoms with Crippen molar-refractivity contribution in [3.8, 4) is 0 Å². The minimum absolute atomic E-state index is 0.288. The highest BCUT2D eigenvalue weighted by Crippen LogP contribution is 2.21. The smallest absolute Gasteiger partial charge is 0.303 e. The fourth-order valence-corrected chi connectivity index (χ4v) is 2.97. The largest absolute Gasteiger partial charge is 0.481 e. The van der Waals surface area contributed by atoms with Gasteiger partial charge in [0.1, 0.15) is 0 Å². The second-order valence-corrected chi connectivity index (χ2v) is 7.80. The highest BCUT2D eigenvalue weighted by atomic mass is 16.4. The fourth-order valence-electron chi connectivity index (χ4n) is 2.97. The number of hydrogen-bond acceptors (Lipinski definition) is 1. The summed E-state index contributed by atoms with van der Waals surface area (Å²) < 4.78 is 0. The first kappa shape index (κ1) is 22.2. The van der Waals surface area contributed by atoms with Gasteiger partial charge in [-0.25, -0.2) is 0 Å². The summed E-state index contributed by atoms with van der Waals surface area (Å²) in [6, 6.07) is 0. The summed E-state index contributed by atoms with van der Waals surface area (Å²) in [4.78, 5) is 10.4. The number of aliphatic carboxylic acids is 1. The maximum atomic E-state index is 10.4. The lowest BCUT2D eigenvalue weighted by Gasteiger charge is -2.14. The van der Waals surface area contributed by atoms with E-state index in [0.29, 0.717) is 0 Å². The zero-order valence-corrected chi connectivity index (χ0v) is 16.0. The first-order valence-electron chi connectivity index (χ1n) is 9.78. The lowest BCUT2D eigenvalue weighted by molar-refractivity contribution is -0.137. The van der Waals surface area contributed by atoms with E-state index in [2.05, 4.69) is 39.8 Å². The first-order valence-corrected chi connectivity index (χ1v) is 9.78. The predicted molar refractivity (Wildman–Crippen MR) is 101 cm³/mol. The summed E-state index contributed by atoms with van der Waals surface area (Å²) in [5.41, 5.74) is 0. The molecule has 2 atom stereocenters. The van der Waals surface area contributed by atoms with Crippen LogP contribution in [0.2, 0.25) is 0 Å². The van der Waals surface area contributed by atoms with Crippen molar-refractivity contribution in [2.45, 2.75) is 98.3 Å². The summed E-state index contributed by atoms with van der Waals surface area (Å²) in [6.07, 6.45) is 17.0. The van der Waals surface area contributed by atoms with Crippen LogP contribution in [0.15, 0.2) is 12.2 Å². The maximum absolute atomic E-state index is 10.4. The molecule has 2 heteroatoms. The Bertz CT molecular complexity index is 307. The molecule has 0 bridgehead atoms. The third-order valence-corrected chi connectivity index (χ3v) is 4.63. The number of carboxylic acid groups (broad SMARTS) is 1. The van der Waals surface area contributed by atoms with E-state index in [0.717, 1.165) is 37.0 Å². The Labute approximate surface area is 144 Å². The van der Waals surface area contributed by atoms with Crippen LogP contribution in [0.25, 0.3) is 0 Å². The van der Waals surface area contributed by atoms with Crippen molar-refractivity contribution in [2.24, 2.45) is 17.8 Å². The van der Waals surface area contributed by atoms with Gasteiger partial charge in [0.05, 0.1) is 0 Å². The monoisotopic (exact) mass is 324 g/mol. The molecule has 23 heavy (non-hydrogen) atoms. The van der Waals surface area contributed by atoms with E-state index >= 15 is 0 Å². The van der Waals surface area contributed by atoms with Gasteiger partial charge in [-0.2, -0.15) is 0 Å². The summed E-state index contributed by atoms with van der Waals surface area (Å²) in [6.45, 7) is 9.40. The standard InChI is InChI=1S/C21H40O2/c1-18(2)12-10-14-20(4)16-11-15-19(3)13-8-6-5-7-9-17-21(22)23/h5-6,18-20H,7-17H2,1-4H3,(H,22,23). The van der Waals surface area contributed by atoms with Crippen LogP contribution >= 0.6 is 0 Å². The average Bonchev–Trinajstić information content (AvgIpc) is 2.45. The van der Waals surface area contributed by atoms with Gasteiger partial charge in [-0.05, 0) is 43.4 Å². The number of allylic oxidation sites excluding steroid dienone is 2. The molecule has 0 aliphatic rings. The van der Waals surface area contributed by atoms with Crippen LogP contribution in [0.3, 0.4) is 0 Å². The molecule has 0 aromatic carbocycles. The van der Waals surface area contributed by atoms with Gasteiger partial charge in [0.25, 0.3) is 0 Å². The van der Waals surface area contributed by atoms with Crippen molar-refractivity contribution in [1.82, 2.24) is 0 Å². The Hall–Kier alpha value is -0.790. The van der Waals surface area contributed by atoms with E-state index in [1.54, 1.807) is 0 Å². The van der Waals surface area contributed by atoms with Gasteiger partial charge >= 0.3 is 5.97 Å². The lowest BCUT2D eigenvalue weighted by Crippen LogP contribution is -1.99. The Kier molecular flexibility index (Phi) is 14.3. The van der Waals surface area contributed by atoms with Crippen LogP contribution in [0.5, 0.6) is 0 Å². The molecular weight excluding hydrogens is 284 g/mol. The van der Waals surface area contributed by atoms with Crippen LogP contribution in [-0.4, -0.2) is 11.1 Å². The van der Waals surface area contributed by atoms with E-state index in [9.17, 15) is 4.79 Å². The van der Waals surface area contributed by atoms with Gasteiger partial charge in [0, 0.05) is 6.42 Å². The van der Waals surface area contributed by atoms with Gasteiger partial charge in [0.2, 0.25) is 0 Å². The fraction of sp³-hybridized carbons (Fsp3) is 0.857. The van der Waals surface area contributed by atoms with E-state index in [-0.39, 0.29) is 6.42 Å². The molecule has 0 rings (SSSR count). The Morgan fingerprint density at radius 1 is 0.783 bits per heavy atom. The van der Waals surface area contributed by atoms with Crippen LogP contribution in [0, 0.1) is 17.8 Å². The lowest BCUT2D eigenvalue weighted by atomic mass is 9.92. The molecule has 0 aromatic rings. The summed E-state index contributed by atoms with van der Waals surface area (Å²) in [5.74, 6) is 1.85. The number of hydrogen-bond donors (Lipinski definition) is 1. The molecule has 0 aliphatic heterocycles. The Morgan fingerprint density at radius 2 is 1.30 bits per heavy atom. The van der Waals surface area contributed by atoms with Gasteiger partial charge in [-0.15, -0.1) is 0 Å². The summed E-state index contributed by atoms with van der Waals surface area (Å²) in [5, 5.41) is 8.56. The van der Waals surface area contributed by atoms with E-state index < -0.39 is 5.97 Å². The predicted octanol–water partition coefficient (Wildman–Crippen LogP) is 6.85. The van der Waals surface area contributed by atoms with Crippen LogP contribution in [0.4, 0.5) is 0 Å². The Morgan fingerprint density at radius 3 is 1.87 bits per heavy atom. The molecule has 2 unspecified atom stereocenters. The number of carbonyl (C=O) groups is 1. The number of unbranched alkanes of at least 4 members (excludes halogenated alkanes) is 1. The third kappa shape index (κ3) is 17.4. The molecule has 0 aliphatic carbocycles. The molecule has 0 aromatic heterocycles. The van der Waals surface area contributed by atoms with Gasteiger partial charge in [-0.3, -0.25) is 4.79 Å². The highest BCUT2D eigenvalue weighted by Gasteiger charge is 2.06. The quantitative estimate of drug-likeness (QED) is 0.264. The van der Waals surface area contributed by atoms with Crippen LogP contribution in [-0.2, 0) is 4.79 Å². The topological polar surface area (TPSA) is 37.3 Å². The summed E-state index contributed by atoms with van der Waals surface area (Å²) in [7, 11) is 0. The molecule has 0 fully saturated rings. The van der Waals surface area contributed by atoms with Crippen LogP contribution in [0.1, 0.15) is 98.3 Å². The second kappa shape index (κ2) is 14.8. The Balaban J connectivity index is 3.47. The molecular formula is C21H40O2. The van der Waals surface area contributed by atoms with Crippen molar-refractivity contribution in [1.29, 1.82) is 0 Å². The second-order valence-electron chi connectivity index (χ2n) is 7.80. The first-order chi connectivity index (χ1) is 10.9. The molecule has 0 spiro atoms. The van der Waals surface area contributed by atoms with Gasteiger partial charge < -0.3 is 5.11 Å². The molecule has 0 saturated carbocycles. The molecule has 0 heterocycles. The van der Waals surface area contributed by atoms with Crippen molar-refractivity contribution in [2.75, 3.05) is 0 Å². The average molecular weight is 325 g/mol. The number of rotatable bonds is 15. The van der Waals surface area contributed by atoms with Crippen molar-refractivity contribution >= 4 is 5.97 Å².